The minimum absolute atomic E-state index is 0.0269. The number of aromatic nitrogens is 2. The number of alkyl halides is 1. The molecule has 0 saturated carbocycles. The van der Waals surface area contributed by atoms with Gasteiger partial charge in [-0.25, -0.2) is 23.1 Å². The lowest BCUT2D eigenvalue weighted by Crippen LogP contribution is -2.51. The average molecular weight is 600 g/mol. The van der Waals surface area contributed by atoms with Crippen molar-refractivity contribution >= 4 is 28.9 Å². The molecule has 2 unspecified atom stereocenters. The molecular formula is C35H36F3N5O. The standard InChI is InChI=1S/C35H36F3N5O/c1-2-22-5-3-6-23(15-22)16-27(44)9-10-28-30(37)17-29-33(32(28)38)40-31(11-13-35-12-4-14-43(35)19-24(36)18-35)41-34(29)42-20-25-7-8-26(21-42)39-25/h3,5-6,9-10,15-17,24-26,39,44H,2,4,7-8,12,14,18-21H2,1H3/b10-9+,27-16+/t24-,25?,26?,35-/m1/s1. The first-order chi connectivity index (χ1) is 21.3. The molecule has 0 radical (unpaired) electrons. The number of aliphatic hydroxyl groups excluding tert-OH is 1. The highest BCUT2D eigenvalue weighted by Crippen LogP contribution is 2.40. The third-order valence-electron chi connectivity index (χ3n) is 9.52. The number of aliphatic hydroxyl groups is 1. The first-order valence-corrected chi connectivity index (χ1v) is 15.6. The summed E-state index contributed by atoms with van der Waals surface area (Å²) < 4.78 is 46.1. The van der Waals surface area contributed by atoms with Crippen LogP contribution >= 0.6 is 0 Å². The number of fused-ring (bicyclic) bond motifs is 4. The maximum Gasteiger partial charge on any atom is 0.207 e. The fourth-order valence-corrected chi connectivity index (χ4v) is 7.37. The van der Waals surface area contributed by atoms with Crippen molar-refractivity contribution in [3.05, 3.63) is 76.3 Å². The Morgan fingerprint density at radius 1 is 1.16 bits per heavy atom. The third-order valence-corrected chi connectivity index (χ3v) is 9.52. The summed E-state index contributed by atoms with van der Waals surface area (Å²) in [5.74, 6) is 5.21. The second kappa shape index (κ2) is 11.6. The van der Waals surface area contributed by atoms with Crippen LogP contribution < -0.4 is 10.2 Å². The lowest BCUT2D eigenvalue weighted by atomic mass is 9.94. The highest BCUT2D eigenvalue weighted by molar-refractivity contribution is 5.92. The number of benzene rings is 2. The second-order valence-electron chi connectivity index (χ2n) is 12.5. The Morgan fingerprint density at radius 3 is 2.77 bits per heavy atom. The van der Waals surface area contributed by atoms with Gasteiger partial charge < -0.3 is 15.3 Å². The topological polar surface area (TPSA) is 64.5 Å². The molecule has 4 aliphatic rings. The Morgan fingerprint density at radius 2 is 1.98 bits per heavy atom. The van der Waals surface area contributed by atoms with Gasteiger partial charge in [-0.3, -0.25) is 4.90 Å². The van der Waals surface area contributed by atoms with Crippen molar-refractivity contribution in [2.24, 2.45) is 0 Å². The molecule has 2 aromatic carbocycles. The van der Waals surface area contributed by atoms with E-state index in [-0.39, 0.29) is 40.1 Å². The smallest absolute Gasteiger partial charge is 0.207 e. The normalized spacial score (nSPS) is 26.9. The molecule has 2 N–H and O–H groups in total. The highest BCUT2D eigenvalue weighted by atomic mass is 19.1. The number of piperazine rings is 1. The molecule has 4 saturated heterocycles. The van der Waals surface area contributed by atoms with Crippen LogP contribution in [0.15, 0.2) is 42.2 Å². The van der Waals surface area contributed by atoms with Crippen LogP contribution in [0.2, 0.25) is 0 Å². The van der Waals surface area contributed by atoms with Crippen molar-refractivity contribution < 1.29 is 18.3 Å². The lowest BCUT2D eigenvalue weighted by Gasteiger charge is -2.34. The molecule has 1 aromatic heterocycles. The van der Waals surface area contributed by atoms with Crippen molar-refractivity contribution in [2.45, 2.75) is 69.2 Å². The predicted molar refractivity (Wildman–Crippen MR) is 167 cm³/mol. The number of anilines is 1. The summed E-state index contributed by atoms with van der Waals surface area (Å²) in [6, 6.07) is 9.55. The number of nitrogens with zero attached hydrogens (tertiary/aromatic N) is 4. The van der Waals surface area contributed by atoms with Crippen molar-refractivity contribution in [1.29, 1.82) is 0 Å². The summed E-state index contributed by atoms with van der Waals surface area (Å²) in [7, 11) is 0. The first kappa shape index (κ1) is 28.9. The predicted octanol–water partition coefficient (Wildman–Crippen LogP) is 5.95. The fraction of sp³-hybridized carbons (Fsp3) is 0.429. The number of nitrogens with one attached hydrogen (secondary N) is 1. The van der Waals surface area contributed by atoms with Crippen molar-refractivity contribution in [2.75, 3.05) is 31.1 Å². The van der Waals surface area contributed by atoms with E-state index in [9.17, 15) is 9.50 Å². The molecule has 2 bridgehead atoms. The van der Waals surface area contributed by atoms with E-state index in [0.29, 0.717) is 31.9 Å². The SMILES string of the molecule is CCc1cccc(/C=C(O)\C=C\c2c(F)cc3c(N4CC5CCC(C4)N5)nc(C#C[C@@]45CCCN4C[C@H](F)C5)nc3c2F)c1. The van der Waals surface area contributed by atoms with Crippen molar-refractivity contribution in [3.8, 4) is 11.8 Å². The summed E-state index contributed by atoms with van der Waals surface area (Å²) in [6.45, 7) is 4.55. The van der Waals surface area contributed by atoms with Crippen molar-refractivity contribution in [1.82, 2.24) is 20.2 Å². The zero-order valence-electron chi connectivity index (χ0n) is 24.8. The van der Waals surface area contributed by atoms with Gasteiger partial charge in [-0.15, -0.1) is 0 Å². The minimum atomic E-state index is -0.926. The average Bonchev–Trinajstić information content (AvgIpc) is 3.66. The Labute approximate surface area is 255 Å². The molecule has 0 amide bonds. The minimum Gasteiger partial charge on any atom is -0.508 e. The van der Waals surface area contributed by atoms with Gasteiger partial charge in [0.25, 0.3) is 0 Å². The number of allylic oxidation sites excluding steroid dienone is 1. The van der Waals surface area contributed by atoms with E-state index < -0.39 is 23.3 Å². The summed E-state index contributed by atoms with van der Waals surface area (Å²) >= 11 is 0. The Hall–Kier alpha value is -3.87. The molecule has 3 aromatic rings. The number of aryl methyl sites for hydroxylation is 1. The van der Waals surface area contributed by atoms with Gasteiger partial charge >= 0.3 is 0 Å². The number of halogens is 3. The van der Waals surface area contributed by atoms with Crippen LogP contribution in [-0.2, 0) is 6.42 Å². The monoisotopic (exact) mass is 599 g/mol. The van der Waals surface area contributed by atoms with Gasteiger partial charge in [-0.1, -0.05) is 37.1 Å². The molecule has 0 spiro atoms. The summed E-state index contributed by atoms with van der Waals surface area (Å²) in [5, 5.41) is 14.4. The first-order valence-electron chi connectivity index (χ1n) is 15.6. The molecule has 9 heteroatoms. The summed E-state index contributed by atoms with van der Waals surface area (Å²) in [6.07, 6.45) is 8.13. The van der Waals surface area contributed by atoms with E-state index in [4.69, 9.17) is 4.98 Å². The number of hydrogen-bond donors (Lipinski definition) is 2. The quantitative estimate of drug-likeness (QED) is 0.215. The van der Waals surface area contributed by atoms with E-state index in [1.54, 1.807) is 6.08 Å². The van der Waals surface area contributed by atoms with Crippen molar-refractivity contribution in [3.63, 3.8) is 0 Å². The largest absolute Gasteiger partial charge is 0.508 e. The molecule has 6 nitrogen and oxygen atoms in total. The van der Waals surface area contributed by atoms with E-state index in [0.717, 1.165) is 49.8 Å². The van der Waals surface area contributed by atoms with Gasteiger partial charge in [-0.05, 0) is 80.0 Å². The lowest BCUT2D eigenvalue weighted by molar-refractivity contribution is 0.255. The zero-order chi connectivity index (χ0) is 30.4. The summed E-state index contributed by atoms with van der Waals surface area (Å²) in [4.78, 5) is 13.4. The summed E-state index contributed by atoms with van der Waals surface area (Å²) in [5.41, 5.74) is 1.02. The number of rotatable bonds is 5. The molecule has 0 aliphatic carbocycles. The van der Waals surface area contributed by atoms with Gasteiger partial charge in [0.2, 0.25) is 5.82 Å². The van der Waals surface area contributed by atoms with Crippen LogP contribution in [0.3, 0.4) is 0 Å². The van der Waals surface area contributed by atoms with Crippen LogP contribution in [0, 0.1) is 23.5 Å². The molecule has 4 aliphatic heterocycles. The highest BCUT2D eigenvalue weighted by Gasteiger charge is 2.47. The Balaban J connectivity index is 1.29. The second-order valence-corrected chi connectivity index (χ2v) is 12.5. The fourth-order valence-electron chi connectivity index (χ4n) is 7.37. The molecule has 4 fully saturated rings. The van der Waals surface area contributed by atoms with Gasteiger partial charge in [0.15, 0.2) is 5.82 Å². The zero-order valence-corrected chi connectivity index (χ0v) is 24.8. The van der Waals surface area contributed by atoms with E-state index in [2.05, 4.69) is 31.9 Å². The maximum absolute atomic E-state index is 16.2. The third kappa shape index (κ3) is 5.46. The Bertz CT molecular complexity index is 1720. The van der Waals surface area contributed by atoms with Gasteiger partial charge in [-0.2, -0.15) is 0 Å². The van der Waals surface area contributed by atoms with Crippen LogP contribution in [0.25, 0.3) is 23.1 Å². The van der Waals surface area contributed by atoms with E-state index >= 15 is 8.78 Å². The Kier molecular flexibility index (Phi) is 7.59. The van der Waals surface area contributed by atoms with Gasteiger partial charge in [0.05, 0.1) is 5.54 Å². The molecule has 5 heterocycles. The van der Waals surface area contributed by atoms with E-state index in [1.807, 2.05) is 31.2 Å². The maximum atomic E-state index is 16.2. The van der Waals surface area contributed by atoms with E-state index in [1.165, 1.54) is 18.2 Å². The molecular weight excluding hydrogens is 563 g/mol. The van der Waals surface area contributed by atoms with Crippen LogP contribution in [0.1, 0.15) is 61.5 Å². The molecule has 4 atom stereocenters. The molecule has 44 heavy (non-hydrogen) atoms. The van der Waals surface area contributed by atoms with Gasteiger partial charge in [0, 0.05) is 49.1 Å². The number of hydrogen-bond acceptors (Lipinski definition) is 6. The van der Waals surface area contributed by atoms with Crippen LogP contribution in [0.5, 0.6) is 0 Å². The molecule has 228 valence electrons. The molecule has 7 rings (SSSR count). The van der Waals surface area contributed by atoms with Crippen LogP contribution in [0.4, 0.5) is 19.0 Å². The van der Waals surface area contributed by atoms with Gasteiger partial charge in [0.1, 0.15) is 29.1 Å². The van der Waals surface area contributed by atoms with Crippen LogP contribution in [-0.4, -0.2) is 69.9 Å².